The number of imidazole rings is 1. The topological polar surface area (TPSA) is 17.3 Å². The van der Waals surface area contributed by atoms with Crippen LogP contribution in [0.5, 0.6) is 0 Å². The van der Waals surface area contributed by atoms with E-state index >= 15 is 0 Å². The average Bonchev–Trinajstić information content (AvgIpc) is 2.93. The Morgan fingerprint density at radius 3 is 2.82 bits per heavy atom. The average molecular weight is 242 g/mol. The smallest absolute Gasteiger partial charge is 0.137 e. The Bertz CT molecular complexity index is 664. The van der Waals surface area contributed by atoms with Gasteiger partial charge in [-0.15, -0.1) is 11.3 Å². The first-order chi connectivity index (χ1) is 8.26. The van der Waals surface area contributed by atoms with Crippen molar-refractivity contribution >= 4 is 17.0 Å². The van der Waals surface area contributed by atoms with Crippen LogP contribution in [0.2, 0.25) is 0 Å². The lowest BCUT2D eigenvalue weighted by atomic mass is 10.3. The van der Waals surface area contributed by atoms with Gasteiger partial charge in [-0.2, -0.15) is 0 Å². The van der Waals surface area contributed by atoms with Gasteiger partial charge in [0.1, 0.15) is 5.65 Å². The van der Waals surface area contributed by atoms with Gasteiger partial charge in [-0.25, -0.2) is 4.98 Å². The van der Waals surface area contributed by atoms with E-state index in [2.05, 4.69) is 59.9 Å². The van der Waals surface area contributed by atoms with Gasteiger partial charge < -0.3 is 4.40 Å². The van der Waals surface area contributed by atoms with Crippen LogP contribution in [-0.2, 0) is 6.42 Å². The zero-order chi connectivity index (χ0) is 11.8. The maximum Gasteiger partial charge on any atom is 0.137 e. The molecule has 0 aliphatic heterocycles. The molecule has 3 aromatic heterocycles. The third kappa shape index (κ3) is 1.87. The molecule has 0 bridgehead atoms. The molecule has 3 heterocycles. The molecule has 0 spiro atoms. The Kier molecular flexibility index (Phi) is 2.48. The first-order valence-corrected chi connectivity index (χ1v) is 6.62. The van der Waals surface area contributed by atoms with Gasteiger partial charge in [0.15, 0.2) is 0 Å². The molecule has 0 unspecified atom stereocenters. The summed E-state index contributed by atoms with van der Waals surface area (Å²) in [5.41, 5.74) is 3.33. The van der Waals surface area contributed by atoms with Crippen molar-refractivity contribution in [2.75, 3.05) is 0 Å². The lowest BCUT2D eigenvalue weighted by molar-refractivity contribution is 1.16. The number of thiophene rings is 1. The highest BCUT2D eigenvalue weighted by Crippen LogP contribution is 2.27. The number of aryl methyl sites for hydroxylation is 2. The van der Waals surface area contributed by atoms with Crippen LogP contribution in [-0.4, -0.2) is 9.38 Å². The molecule has 0 saturated heterocycles. The van der Waals surface area contributed by atoms with E-state index in [4.69, 9.17) is 0 Å². The zero-order valence-corrected chi connectivity index (χ0v) is 10.8. The molecule has 86 valence electrons. The molecule has 0 atom stereocenters. The van der Waals surface area contributed by atoms with E-state index in [9.17, 15) is 0 Å². The third-order valence-corrected chi connectivity index (χ3v) is 4.11. The zero-order valence-electron chi connectivity index (χ0n) is 9.97. The van der Waals surface area contributed by atoms with E-state index in [0.29, 0.717) is 0 Å². The predicted octanol–water partition coefficient (Wildman–Crippen LogP) is 3.93. The van der Waals surface area contributed by atoms with Crippen LogP contribution >= 0.6 is 11.3 Å². The minimum atomic E-state index is 1.01. The first kappa shape index (κ1) is 10.5. The van der Waals surface area contributed by atoms with E-state index in [1.165, 1.54) is 15.3 Å². The SMILES string of the molecule is CCc1ccc(-c2cn3cc(C)ccc3n2)s1. The Balaban J connectivity index is 2.11. The molecule has 0 saturated carbocycles. The van der Waals surface area contributed by atoms with Crippen molar-refractivity contribution in [2.45, 2.75) is 20.3 Å². The van der Waals surface area contributed by atoms with Crippen molar-refractivity contribution in [1.82, 2.24) is 9.38 Å². The summed E-state index contributed by atoms with van der Waals surface area (Å²) in [4.78, 5) is 7.31. The lowest BCUT2D eigenvalue weighted by Gasteiger charge is -1.92. The molecule has 0 aliphatic carbocycles. The van der Waals surface area contributed by atoms with Gasteiger partial charge in [-0.3, -0.25) is 0 Å². The molecule has 3 rings (SSSR count). The van der Waals surface area contributed by atoms with Gasteiger partial charge in [0, 0.05) is 17.3 Å². The summed E-state index contributed by atoms with van der Waals surface area (Å²) in [6, 6.07) is 8.51. The Labute approximate surface area is 105 Å². The summed E-state index contributed by atoms with van der Waals surface area (Å²) in [6.07, 6.45) is 5.31. The summed E-state index contributed by atoms with van der Waals surface area (Å²) in [7, 11) is 0. The highest BCUT2D eigenvalue weighted by molar-refractivity contribution is 7.15. The fraction of sp³-hybridized carbons (Fsp3) is 0.214. The van der Waals surface area contributed by atoms with Crippen LogP contribution in [0, 0.1) is 6.92 Å². The summed E-state index contributed by atoms with van der Waals surface area (Å²) >= 11 is 1.83. The van der Waals surface area contributed by atoms with Gasteiger partial charge in [0.05, 0.1) is 10.6 Å². The molecule has 0 aromatic carbocycles. The molecular weight excluding hydrogens is 228 g/mol. The van der Waals surface area contributed by atoms with Crippen LogP contribution in [0.3, 0.4) is 0 Å². The number of rotatable bonds is 2. The Morgan fingerprint density at radius 2 is 2.06 bits per heavy atom. The van der Waals surface area contributed by atoms with Crippen LogP contribution in [0.1, 0.15) is 17.4 Å². The summed E-state index contributed by atoms with van der Waals surface area (Å²) < 4.78 is 2.09. The molecular formula is C14H14N2S. The van der Waals surface area contributed by atoms with Crippen LogP contribution < -0.4 is 0 Å². The Hall–Kier alpha value is -1.61. The second kappa shape index (κ2) is 4.00. The number of nitrogens with zero attached hydrogens (tertiary/aromatic N) is 2. The number of fused-ring (bicyclic) bond motifs is 1. The summed E-state index contributed by atoms with van der Waals surface area (Å²) in [5, 5.41) is 0. The van der Waals surface area contributed by atoms with Gasteiger partial charge in [-0.1, -0.05) is 13.0 Å². The number of hydrogen-bond donors (Lipinski definition) is 0. The largest absolute Gasteiger partial charge is 0.306 e. The van der Waals surface area contributed by atoms with Crippen molar-refractivity contribution in [3.05, 3.63) is 47.1 Å². The highest BCUT2D eigenvalue weighted by Gasteiger charge is 2.06. The van der Waals surface area contributed by atoms with E-state index in [1.54, 1.807) is 0 Å². The van der Waals surface area contributed by atoms with E-state index in [0.717, 1.165) is 17.8 Å². The van der Waals surface area contributed by atoms with E-state index < -0.39 is 0 Å². The molecule has 17 heavy (non-hydrogen) atoms. The van der Waals surface area contributed by atoms with Crippen LogP contribution in [0.15, 0.2) is 36.7 Å². The molecule has 3 aromatic rings. The maximum absolute atomic E-state index is 4.65. The van der Waals surface area contributed by atoms with Gasteiger partial charge in [0.2, 0.25) is 0 Å². The molecule has 0 fully saturated rings. The number of hydrogen-bond acceptors (Lipinski definition) is 2. The standard InChI is InChI=1S/C14H14N2S/c1-3-11-5-6-13(17-11)12-9-16-8-10(2)4-7-14(16)15-12/h4-9H,3H2,1-2H3. The number of aromatic nitrogens is 2. The monoisotopic (exact) mass is 242 g/mol. The minimum absolute atomic E-state index is 1.01. The maximum atomic E-state index is 4.65. The third-order valence-electron chi connectivity index (χ3n) is 2.86. The fourth-order valence-corrected chi connectivity index (χ4v) is 2.83. The molecule has 0 N–H and O–H groups in total. The molecule has 2 nitrogen and oxygen atoms in total. The fourth-order valence-electron chi connectivity index (χ4n) is 1.93. The van der Waals surface area contributed by atoms with Gasteiger partial charge >= 0.3 is 0 Å². The number of pyridine rings is 1. The van der Waals surface area contributed by atoms with Crippen molar-refractivity contribution in [1.29, 1.82) is 0 Å². The van der Waals surface area contributed by atoms with Crippen molar-refractivity contribution < 1.29 is 0 Å². The van der Waals surface area contributed by atoms with Crippen LogP contribution in [0.4, 0.5) is 0 Å². The van der Waals surface area contributed by atoms with Crippen molar-refractivity contribution in [2.24, 2.45) is 0 Å². The quantitative estimate of drug-likeness (QED) is 0.665. The minimum Gasteiger partial charge on any atom is -0.306 e. The summed E-state index contributed by atoms with van der Waals surface area (Å²) in [5.74, 6) is 0. The van der Waals surface area contributed by atoms with Gasteiger partial charge in [0.25, 0.3) is 0 Å². The summed E-state index contributed by atoms with van der Waals surface area (Å²) in [6.45, 7) is 4.28. The van der Waals surface area contributed by atoms with E-state index in [-0.39, 0.29) is 0 Å². The second-order valence-corrected chi connectivity index (χ2v) is 5.39. The normalized spacial score (nSPS) is 11.2. The molecule has 0 aliphatic rings. The van der Waals surface area contributed by atoms with Crippen molar-refractivity contribution in [3.8, 4) is 10.6 Å². The van der Waals surface area contributed by atoms with Crippen LogP contribution in [0.25, 0.3) is 16.2 Å². The van der Waals surface area contributed by atoms with E-state index in [1.807, 2.05) is 11.3 Å². The first-order valence-electron chi connectivity index (χ1n) is 5.80. The predicted molar refractivity (Wildman–Crippen MR) is 72.6 cm³/mol. The van der Waals surface area contributed by atoms with Gasteiger partial charge in [-0.05, 0) is 37.1 Å². The lowest BCUT2D eigenvalue weighted by Crippen LogP contribution is -1.82. The molecule has 0 radical (unpaired) electrons. The Morgan fingerprint density at radius 1 is 1.18 bits per heavy atom. The molecule has 3 heteroatoms. The molecule has 0 amide bonds. The van der Waals surface area contributed by atoms with Crippen molar-refractivity contribution in [3.63, 3.8) is 0 Å². The highest BCUT2D eigenvalue weighted by atomic mass is 32.1. The second-order valence-electron chi connectivity index (χ2n) is 4.22.